The number of halogens is 1. The highest BCUT2D eigenvalue weighted by Gasteiger charge is 2.13. The Labute approximate surface area is 102 Å². The number of anilines is 1. The van der Waals surface area contributed by atoms with Crippen LogP contribution in [0.5, 0.6) is 0 Å². The van der Waals surface area contributed by atoms with Gasteiger partial charge in [-0.3, -0.25) is 4.79 Å². The number of nitrogens with zero attached hydrogens (tertiary/aromatic N) is 1. The lowest BCUT2D eigenvalue weighted by Crippen LogP contribution is -2.13. The molecule has 17 heavy (non-hydrogen) atoms. The summed E-state index contributed by atoms with van der Waals surface area (Å²) in [5.74, 6) is -0.688. The fourth-order valence-electron chi connectivity index (χ4n) is 1.50. The maximum Gasteiger partial charge on any atom is 0.275 e. The van der Waals surface area contributed by atoms with Crippen molar-refractivity contribution in [2.45, 2.75) is 13.8 Å². The number of hydrogen-bond acceptors (Lipinski definition) is 3. The summed E-state index contributed by atoms with van der Waals surface area (Å²) in [6, 6.07) is 5.78. The van der Waals surface area contributed by atoms with Crippen LogP contribution >= 0.6 is 11.3 Å². The minimum atomic E-state index is -0.381. The first kappa shape index (κ1) is 11.7. The zero-order valence-corrected chi connectivity index (χ0v) is 10.3. The molecule has 2 rings (SSSR count). The molecular formula is C12H11FN2OS. The van der Waals surface area contributed by atoms with Crippen molar-refractivity contribution in [1.82, 2.24) is 4.98 Å². The second-order valence-electron chi connectivity index (χ2n) is 3.60. The molecule has 0 aliphatic rings. The topological polar surface area (TPSA) is 42.0 Å². The van der Waals surface area contributed by atoms with E-state index in [4.69, 9.17) is 0 Å². The van der Waals surface area contributed by atoms with Gasteiger partial charge in [-0.05, 0) is 32.0 Å². The van der Waals surface area contributed by atoms with Crippen molar-refractivity contribution in [3.63, 3.8) is 0 Å². The molecule has 1 amide bonds. The predicted molar refractivity (Wildman–Crippen MR) is 65.9 cm³/mol. The number of rotatable bonds is 2. The van der Waals surface area contributed by atoms with E-state index < -0.39 is 0 Å². The minimum absolute atomic E-state index is 0.308. The number of thiazole rings is 1. The van der Waals surface area contributed by atoms with Gasteiger partial charge in [-0.1, -0.05) is 6.07 Å². The molecule has 0 fully saturated rings. The third kappa shape index (κ3) is 2.68. The second-order valence-corrected chi connectivity index (χ2v) is 5.01. The van der Waals surface area contributed by atoms with Crippen LogP contribution in [-0.4, -0.2) is 10.9 Å². The molecule has 0 atom stereocenters. The van der Waals surface area contributed by atoms with Crippen LogP contribution in [0.25, 0.3) is 0 Å². The van der Waals surface area contributed by atoms with E-state index in [1.807, 2.05) is 13.8 Å². The standard InChI is InChI=1S/C12H11FN2OS/c1-7-11(14-8(2)17-7)12(16)15-10-5-3-4-9(13)6-10/h3-6H,1-2H3,(H,15,16). The molecular weight excluding hydrogens is 239 g/mol. The first-order valence-electron chi connectivity index (χ1n) is 5.07. The van der Waals surface area contributed by atoms with E-state index in [2.05, 4.69) is 10.3 Å². The Hall–Kier alpha value is -1.75. The summed E-state index contributed by atoms with van der Waals surface area (Å²) in [5, 5.41) is 3.46. The van der Waals surface area contributed by atoms with Crippen LogP contribution in [0.3, 0.4) is 0 Å². The normalized spacial score (nSPS) is 10.3. The summed E-state index contributed by atoms with van der Waals surface area (Å²) in [4.78, 5) is 16.9. The number of aryl methyl sites for hydroxylation is 2. The maximum absolute atomic E-state index is 12.9. The second kappa shape index (κ2) is 4.63. The van der Waals surface area contributed by atoms with Gasteiger partial charge in [0.05, 0.1) is 5.01 Å². The molecule has 0 aliphatic carbocycles. The number of aromatic nitrogens is 1. The number of carbonyl (C=O) groups is 1. The van der Waals surface area contributed by atoms with Gasteiger partial charge in [-0.15, -0.1) is 11.3 Å². The van der Waals surface area contributed by atoms with E-state index in [1.54, 1.807) is 12.1 Å². The Bertz CT molecular complexity index is 565. The summed E-state index contributed by atoms with van der Waals surface area (Å²) in [6.45, 7) is 3.68. The lowest BCUT2D eigenvalue weighted by atomic mass is 10.3. The van der Waals surface area contributed by atoms with Crippen molar-refractivity contribution in [3.05, 3.63) is 45.7 Å². The molecule has 0 saturated carbocycles. The van der Waals surface area contributed by atoms with Crippen molar-refractivity contribution in [2.24, 2.45) is 0 Å². The van der Waals surface area contributed by atoms with Crippen molar-refractivity contribution in [1.29, 1.82) is 0 Å². The molecule has 0 unspecified atom stereocenters. The summed E-state index contributed by atoms with van der Waals surface area (Å²) in [6.07, 6.45) is 0. The zero-order chi connectivity index (χ0) is 12.4. The van der Waals surface area contributed by atoms with Gasteiger partial charge >= 0.3 is 0 Å². The van der Waals surface area contributed by atoms with Crippen molar-refractivity contribution in [2.75, 3.05) is 5.32 Å². The van der Waals surface area contributed by atoms with Gasteiger partial charge in [0, 0.05) is 10.6 Å². The van der Waals surface area contributed by atoms with Crippen LogP contribution < -0.4 is 5.32 Å². The van der Waals surface area contributed by atoms with Gasteiger partial charge in [0.25, 0.3) is 5.91 Å². The molecule has 0 radical (unpaired) electrons. The fraction of sp³-hybridized carbons (Fsp3) is 0.167. The van der Waals surface area contributed by atoms with Crippen LogP contribution in [0.2, 0.25) is 0 Å². The number of carbonyl (C=O) groups excluding carboxylic acids is 1. The Balaban J connectivity index is 2.20. The van der Waals surface area contributed by atoms with E-state index in [0.29, 0.717) is 11.4 Å². The monoisotopic (exact) mass is 250 g/mol. The third-order valence-electron chi connectivity index (χ3n) is 2.20. The Morgan fingerprint density at radius 2 is 2.18 bits per heavy atom. The lowest BCUT2D eigenvalue weighted by Gasteiger charge is -2.03. The molecule has 5 heteroatoms. The van der Waals surface area contributed by atoms with E-state index in [0.717, 1.165) is 9.88 Å². The van der Waals surface area contributed by atoms with Crippen LogP contribution in [-0.2, 0) is 0 Å². The van der Waals surface area contributed by atoms with E-state index in [1.165, 1.54) is 23.5 Å². The molecule has 88 valence electrons. The average Bonchev–Trinajstić information content (AvgIpc) is 2.58. The summed E-state index contributed by atoms with van der Waals surface area (Å²) in [5.41, 5.74) is 0.830. The van der Waals surface area contributed by atoms with E-state index >= 15 is 0 Å². The quantitative estimate of drug-likeness (QED) is 0.889. The van der Waals surface area contributed by atoms with Crippen molar-refractivity contribution in [3.8, 4) is 0 Å². The molecule has 1 aromatic heterocycles. The van der Waals surface area contributed by atoms with Gasteiger partial charge in [0.15, 0.2) is 0 Å². The van der Waals surface area contributed by atoms with Crippen LogP contribution in [0.4, 0.5) is 10.1 Å². The minimum Gasteiger partial charge on any atom is -0.321 e. The number of amides is 1. The molecule has 1 N–H and O–H groups in total. The number of hydrogen-bond donors (Lipinski definition) is 1. The highest BCUT2D eigenvalue weighted by Crippen LogP contribution is 2.18. The van der Waals surface area contributed by atoms with Gasteiger partial charge in [0.1, 0.15) is 11.5 Å². The fourth-order valence-corrected chi connectivity index (χ4v) is 2.31. The Morgan fingerprint density at radius 3 is 2.76 bits per heavy atom. The molecule has 0 spiro atoms. The first-order valence-corrected chi connectivity index (χ1v) is 5.89. The SMILES string of the molecule is Cc1nc(C(=O)Nc2cccc(F)c2)c(C)s1. The summed E-state index contributed by atoms with van der Waals surface area (Å²) in [7, 11) is 0. The van der Waals surface area contributed by atoms with Crippen LogP contribution in [0.1, 0.15) is 20.4 Å². The van der Waals surface area contributed by atoms with Crippen LogP contribution in [0, 0.1) is 19.7 Å². The largest absolute Gasteiger partial charge is 0.321 e. The predicted octanol–water partition coefficient (Wildman–Crippen LogP) is 3.15. The van der Waals surface area contributed by atoms with Gasteiger partial charge in [0.2, 0.25) is 0 Å². The van der Waals surface area contributed by atoms with Gasteiger partial charge in [-0.2, -0.15) is 0 Å². The molecule has 0 saturated heterocycles. The summed E-state index contributed by atoms with van der Waals surface area (Å²) < 4.78 is 12.9. The zero-order valence-electron chi connectivity index (χ0n) is 9.45. The van der Waals surface area contributed by atoms with Gasteiger partial charge < -0.3 is 5.32 Å². The molecule has 3 nitrogen and oxygen atoms in total. The highest BCUT2D eigenvalue weighted by molar-refractivity contribution is 7.11. The van der Waals surface area contributed by atoms with E-state index in [-0.39, 0.29) is 11.7 Å². The molecule has 1 aromatic carbocycles. The van der Waals surface area contributed by atoms with E-state index in [9.17, 15) is 9.18 Å². The molecule has 0 bridgehead atoms. The molecule has 1 heterocycles. The molecule has 0 aliphatic heterocycles. The summed E-state index contributed by atoms with van der Waals surface area (Å²) >= 11 is 1.47. The number of nitrogens with one attached hydrogen (secondary N) is 1. The Morgan fingerprint density at radius 1 is 1.41 bits per heavy atom. The van der Waals surface area contributed by atoms with Crippen LogP contribution in [0.15, 0.2) is 24.3 Å². The van der Waals surface area contributed by atoms with Gasteiger partial charge in [-0.25, -0.2) is 9.37 Å². The molecule has 2 aromatic rings. The number of benzene rings is 1. The lowest BCUT2D eigenvalue weighted by molar-refractivity contribution is 0.102. The Kier molecular flexibility index (Phi) is 3.19. The van der Waals surface area contributed by atoms with Crippen molar-refractivity contribution >= 4 is 22.9 Å². The highest BCUT2D eigenvalue weighted by atomic mass is 32.1. The van der Waals surface area contributed by atoms with Crippen molar-refractivity contribution < 1.29 is 9.18 Å². The third-order valence-corrected chi connectivity index (χ3v) is 3.09. The smallest absolute Gasteiger partial charge is 0.275 e. The first-order chi connectivity index (χ1) is 8.06. The average molecular weight is 250 g/mol. The maximum atomic E-state index is 12.9.